The molecule has 2 rings (SSSR count). The van der Waals surface area contributed by atoms with Crippen LogP contribution < -0.4 is 5.32 Å². The van der Waals surface area contributed by atoms with Crippen molar-refractivity contribution >= 4 is 5.91 Å². The quantitative estimate of drug-likeness (QED) is 0.813. The lowest BCUT2D eigenvalue weighted by Gasteiger charge is -2.31. The van der Waals surface area contributed by atoms with E-state index in [9.17, 15) is 9.90 Å². The highest BCUT2D eigenvalue weighted by molar-refractivity contribution is 5.78. The van der Waals surface area contributed by atoms with Gasteiger partial charge in [-0.1, -0.05) is 43.2 Å². The summed E-state index contributed by atoms with van der Waals surface area (Å²) in [5.41, 5.74) is 0.536. The lowest BCUT2D eigenvalue weighted by atomic mass is 10.0. The molecule has 1 aromatic carbocycles. The summed E-state index contributed by atoms with van der Waals surface area (Å²) in [6.07, 6.45) is 3.83. The van der Waals surface area contributed by atoms with Crippen molar-refractivity contribution in [2.45, 2.75) is 57.7 Å². The molecule has 4 nitrogen and oxygen atoms in total. The third-order valence-electron chi connectivity index (χ3n) is 4.12. The van der Waals surface area contributed by atoms with Crippen LogP contribution in [0.5, 0.6) is 0 Å². The molecule has 0 bridgehead atoms. The Hall–Kier alpha value is -1.39. The van der Waals surface area contributed by atoms with Gasteiger partial charge in [0.2, 0.25) is 5.91 Å². The number of amides is 1. The van der Waals surface area contributed by atoms with Gasteiger partial charge in [-0.15, -0.1) is 0 Å². The fraction of sp³-hybridized carbons (Fsp3) is 0.611. The van der Waals surface area contributed by atoms with Gasteiger partial charge in [-0.05, 0) is 32.3 Å². The maximum absolute atomic E-state index is 12.1. The molecular weight excluding hydrogens is 276 g/mol. The largest absolute Gasteiger partial charge is 0.389 e. The first kappa shape index (κ1) is 17.0. The summed E-state index contributed by atoms with van der Waals surface area (Å²) in [6, 6.07) is 10.3. The van der Waals surface area contributed by atoms with Crippen molar-refractivity contribution in [3.05, 3.63) is 35.9 Å². The second-order valence-electron chi connectivity index (χ2n) is 6.78. The first-order chi connectivity index (χ1) is 10.5. The van der Waals surface area contributed by atoms with Crippen molar-refractivity contribution in [2.24, 2.45) is 0 Å². The Kier molecular flexibility index (Phi) is 5.98. The second-order valence-corrected chi connectivity index (χ2v) is 6.78. The number of rotatable bonds is 7. The molecule has 0 spiro atoms. The molecule has 1 saturated carbocycles. The van der Waals surface area contributed by atoms with Gasteiger partial charge in [0.15, 0.2) is 0 Å². The van der Waals surface area contributed by atoms with Gasteiger partial charge in [0.05, 0.1) is 12.1 Å². The third-order valence-corrected chi connectivity index (χ3v) is 4.12. The van der Waals surface area contributed by atoms with Gasteiger partial charge >= 0.3 is 0 Å². The highest BCUT2D eigenvalue weighted by Gasteiger charge is 2.33. The van der Waals surface area contributed by atoms with Crippen molar-refractivity contribution in [3.8, 4) is 0 Å². The molecule has 0 unspecified atom stereocenters. The molecule has 4 heteroatoms. The van der Waals surface area contributed by atoms with Gasteiger partial charge in [0, 0.05) is 19.1 Å². The number of carbonyl (C=O) groups excluding carboxylic acids is 1. The molecule has 0 atom stereocenters. The molecule has 1 aliphatic carbocycles. The first-order valence-corrected chi connectivity index (χ1v) is 8.25. The van der Waals surface area contributed by atoms with E-state index < -0.39 is 5.60 Å². The highest BCUT2D eigenvalue weighted by atomic mass is 16.3. The lowest BCUT2D eigenvalue weighted by molar-refractivity contribution is -0.123. The summed E-state index contributed by atoms with van der Waals surface area (Å²) >= 11 is 0. The standard InChI is InChI=1S/C18H28N2O2/c1-15(2)19-17(21)13-20(12-16-8-4-3-5-9-16)14-18(22)10-6-7-11-18/h3-5,8-9,15,22H,6-7,10-14H2,1-2H3,(H,19,21). The molecule has 1 fully saturated rings. The van der Waals surface area contributed by atoms with Crippen LogP contribution in [0.25, 0.3) is 0 Å². The molecule has 0 aliphatic heterocycles. The average Bonchev–Trinajstić information content (AvgIpc) is 2.85. The van der Waals surface area contributed by atoms with E-state index in [1.54, 1.807) is 0 Å². The number of hydrogen-bond acceptors (Lipinski definition) is 3. The van der Waals surface area contributed by atoms with Gasteiger partial charge in [0.25, 0.3) is 0 Å². The van der Waals surface area contributed by atoms with Gasteiger partial charge in [-0.25, -0.2) is 0 Å². The van der Waals surface area contributed by atoms with Crippen LogP contribution in [0.4, 0.5) is 0 Å². The minimum atomic E-state index is -0.632. The molecule has 2 N–H and O–H groups in total. The van der Waals surface area contributed by atoms with Crippen LogP contribution in [0, 0.1) is 0 Å². The van der Waals surface area contributed by atoms with E-state index in [-0.39, 0.29) is 11.9 Å². The molecule has 0 heterocycles. The Morgan fingerprint density at radius 3 is 2.50 bits per heavy atom. The smallest absolute Gasteiger partial charge is 0.234 e. The average molecular weight is 304 g/mol. The van der Waals surface area contributed by atoms with E-state index >= 15 is 0 Å². The van der Waals surface area contributed by atoms with Crippen molar-refractivity contribution in [2.75, 3.05) is 13.1 Å². The van der Waals surface area contributed by atoms with Crippen LogP contribution in [0.1, 0.15) is 45.1 Å². The van der Waals surface area contributed by atoms with E-state index in [1.807, 2.05) is 32.0 Å². The van der Waals surface area contributed by atoms with E-state index in [0.717, 1.165) is 25.7 Å². The zero-order valence-electron chi connectivity index (χ0n) is 13.7. The number of nitrogens with zero attached hydrogens (tertiary/aromatic N) is 1. The Balaban J connectivity index is 2.01. The van der Waals surface area contributed by atoms with Crippen LogP contribution in [-0.4, -0.2) is 40.6 Å². The Morgan fingerprint density at radius 2 is 1.91 bits per heavy atom. The Morgan fingerprint density at radius 1 is 1.27 bits per heavy atom. The fourth-order valence-electron chi connectivity index (χ4n) is 3.19. The van der Waals surface area contributed by atoms with Gasteiger partial charge < -0.3 is 10.4 Å². The maximum atomic E-state index is 12.1. The summed E-state index contributed by atoms with van der Waals surface area (Å²) in [5, 5.41) is 13.6. The van der Waals surface area contributed by atoms with E-state index in [1.165, 1.54) is 5.56 Å². The summed E-state index contributed by atoms with van der Waals surface area (Å²) in [7, 11) is 0. The second kappa shape index (κ2) is 7.75. The zero-order valence-corrected chi connectivity index (χ0v) is 13.7. The van der Waals surface area contributed by atoms with Gasteiger partial charge in [0.1, 0.15) is 0 Å². The molecule has 0 radical (unpaired) electrons. The van der Waals surface area contributed by atoms with Crippen LogP contribution in [-0.2, 0) is 11.3 Å². The molecule has 22 heavy (non-hydrogen) atoms. The van der Waals surface area contributed by atoms with Gasteiger partial charge in [-0.3, -0.25) is 9.69 Å². The summed E-state index contributed by atoms with van der Waals surface area (Å²) in [5.74, 6) is 0.0209. The topological polar surface area (TPSA) is 52.6 Å². The monoisotopic (exact) mass is 304 g/mol. The number of benzene rings is 1. The van der Waals surface area contributed by atoms with Crippen LogP contribution in [0.2, 0.25) is 0 Å². The van der Waals surface area contributed by atoms with E-state index in [4.69, 9.17) is 0 Å². The molecule has 122 valence electrons. The lowest BCUT2D eigenvalue weighted by Crippen LogP contribution is -2.46. The minimum absolute atomic E-state index is 0.0209. The molecular formula is C18H28N2O2. The third kappa shape index (κ3) is 5.43. The molecule has 0 aromatic heterocycles. The summed E-state index contributed by atoms with van der Waals surface area (Å²) in [6.45, 7) is 5.51. The zero-order chi connectivity index (χ0) is 16.0. The fourth-order valence-corrected chi connectivity index (χ4v) is 3.19. The predicted molar refractivity (Wildman–Crippen MR) is 88.4 cm³/mol. The minimum Gasteiger partial charge on any atom is -0.389 e. The molecule has 1 amide bonds. The van der Waals surface area contributed by atoms with Crippen LogP contribution in [0.3, 0.4) is 0 Å². The van der Waals surface area contributed by atoms with Crippen molar-refractivity contribution < 1.29 is 9.90 Å². The van der Waals surface area contributed by atoms with Crippen molar-refractivity contribution in [1.29, 1.82) is 0 Å². The maximum Gasteiger partial charge on any atom is 0.234 e. The SMILES string of the molecule is CC(C)NC(=O)CN(Cc1ccccc1)CC1(O)CCCC1. The number of nitrogens with one attached hydrogen (secondary N) is 1. The summed E-state index contributed by atoms with van der Waals surface area (Å²) < 4.78 is 0. The van der Waals surface area contributed by atoms with Crippen molar-refractivity contribution in [1.82, 2.24) is 10.2 Å². The van der Waals surface area contributed by atoms with E-state index in [0.29, 0.717) is 19.6 Å². The Bertz CT molecular complexity index is 467. The normalized spacial score (nSPS) is 17.1. The predicted octanol–water partition coefficient (Wildman–Crippen LogP) is 2.32. The number of aliphatic hydroxyl groups is 1. The van der Waals surface area contributed by atoms with Crippen LogP contribution in [0.15, 0.2) is 30.3 Å². The Labute approximate surface area is 133 Å². The molecule has 0 saturated heterocycles. The number of carbonyl (C=O) groups is 1. The molecule has 1 aliphatic rings. The first-order valence-electron chi connectivity index (χ1n) is 8.25. The highest BCUT2D eigenvalue weighted by Crippen LogP contribution is 2.30. The van der Waals surface area contributed by atoms with Crippen molar-refractivity contribution in [3.63, 3.8) is 0 Å². The molecule has 1 aromatic rings. The van der Waals surface area contributed by atoms with Crippen LogP contribution >= 0.6 is 0 Å². The number of hydrogen-bond donors (Lipinski definition) is 2. The summed E-state index contributed by atoms with van der Waals surface area (Å²) in [4.78, 5) is 14.2. The van der Waals surface area contributed by atoms with E-state index in [2.05, 4.69) is 22.3 Å². The van der Waals surface area contributed by atoms with Gasteiger partial charge in [-0.2, -0.15) is 0 Å².